The Hall–Kier alpha value is -1.90. The highest BCUT2D eigenvalue weighted by Crippen LogP contribution is 2.21. The van der Waals surface area contributed by atoms with Gasteiger partial charge in [0.05, 0.1) is 11.1 Å². The summed E-state index contributed by atoms with van der Waals surface area (Å²) in [5.74, 6) is -0.591. The van der Waals surface area contributed by atoms with Crippen molar-refractivity contribution in [1.29, 1.82) is 0 Å². The lowest BCUT2D eigenvalue weighted by atomic mass is 10.2. The van der Waals surface area contributed by atoms with E-state index in [0.717, 1.165) is 4.90 Å². The van der Waals surface area contributed by atoms with Crippen molar-refractivity contribution in [1.82, 2.24) is 4.90 Å². The zero-order valence-electron chi connectivity index (χ0n) is 6.86. The maximum atomic E-state index is 11.5. The number of rotatable bonds is 1. The van der Waals surface area contributed by atoms with Gasteiger partial charge in [-0.2, -0.15) is 0 Å². The molecule has 0 saturated heterocycles. The van der Waals surface area contributed by atoms with E-state index in [-0.39, 0.29) is 11.8 Å². The molecular formula is C10H7NO2. The van der Waals surface area contributed by atoms with Crippen LogP contribution in [0.25, 0.3) is 0 Å². The van der Waals surface area contributed by atoms with Crippen LogP contribution in [-0.2, 0) is 0 Å². The van der Waals surface area contributed by atoms with Crippen molar-refractivity contribution >= 4 is 11.8 Å². The summed E-state index contributed by atoms with van der Waals surface area (Å²) >= 11 is 0. The molecule has 2 rings (SSSR count). The van der Waals surface area contributed by atoms with E-state index in [0.29, 0.717) is 11.1 Å². The summed E-state index contributed by atoms with van der Waals surface area (Å²) in [5, 5.41) is 0. The summed E-state index contributed by atoms with van der Waals surface area (Å²) < 4.78 is 0. The molecule has 0 atom stereocenters. The zero-order chi connectivity index (χ0) is 9.42. The molecular weight excluding hydrogens is 167 g/mol. The van der Waals surface area contributed by atoms with Gasteiger partial charge < -0.3 is 0 Å². The Bertz CT molecular complexity index is 374. The molecule has 0 spiro atoms. The molecule has 0 radical (unpaired) electrons. The molecule has 0 unspecified atom stereocenters. The van der Waals surface area contributed by atoms with Gasteiger partial charge in [-0.3, -0.25) is 9.59 Å². The number of amides is 2. The highest BCUT2D eigenvalue weighted by molar-refractivity contribution is 6.21. The lowest BCUT2D eigenvalue weighted by molar-refractivity contribution is 0.0722. The van der Waals surface area contributed by atoms with Gasteiger partial charge in [0, 0.05) is 6.20 Å². The lowest BCUT2D eigenvalue weighted by Crippen LogP contribution is -2.22. The molecule has 3 nitrogen and oxygen atoms in total. The fourth-order valence-electron chi connectivity index (χ4n) is 1.37. The number of fused-ring (bicyclic) bond motifs is 1. The van der Waals surface area contributed by atoms with Crippen LogP contribution < -0.4 is 0 Å². The van der Waals surface area contributed by atoms with Gasteiger partial charge in [-0.15, -0.1) is 0 Å². The third-order valence-electron chi connectivity index (χ3n) is 2.01. The van der Waals surface area contributed by atoms with Crippen LogP contribution in [0.4, 0.5) is 0 Å². The number of hydrogen-bond acceptors (Lipinski definition) is 2. The molecule has 13 heavy (non-hydrogen) atoms. The van der Waals surface area contributed by atoms with Crippen LogP contribution in [0.1, 0.15) is 20.7 Å². The van der Waals surface area contributed by atoms with E-state index >= 15 is 0 Å². The van der Waals surface area contributed by atoms with Crippen LogP contribution in [0, 0.1) is 0 Å². The van der Waals surface area contributed by atoms with E-state index < -0.39 is 0 Å². The van der Waals surface area contributed by atoms with Crippen LogP contribution in [0.2, 0.25) is 0 Å². The summed E-state index contributed by atoms with van der Waals surface area (Å²) in [4.78, 5) is 24.0. The quantitative estimate of drug-likeness (QED) is 0.477. The highest BCUT2D eigenvalue weighted by atomic mass is 16.2. The monoisotopic (exact) mass is 174 g/mol. The Labute approximate surface area is 75.3 Å². The van der Waals surface area contributed by atoms with E-state index in [4.69, 9.17) is 0 Å². The van der Waals surface area contributed by atoms with E-state index in [1.807, 2.05) is 0 Å². The molecule has 1 aliphatic heterocycles. The van der Waals surface area contributed by atoms with Crippen LogP contribution in [0.5, 0.6) is 0 Å². The van der Waals surface area contributed by atoms with Crippen molar-refractivity contribution in [2.75, 3.05) is 0 Å². The zero-order valence-corrected chi connectivity index (χ0v) is 6.86. The second-order valence-electron chi connectivity index (χ2n) is 2.71. The molecule has 64 valence electrons. The van der Waals surface area contributed by atoms with Crippen LogP contribution >= 0.6 is 0 Å². The first kappa shape index (κ1) is 7.73. The van der Waals surface area contributed by atoms with Gasteiger partial charge in [0.15, 0.2) is 0 Å². The number of benzene rings is 1. The van der Waals surface area contributed by atoms with Gasteiger partial charge >= 0.3 is 0 Å². The minimum atomic E-state index is -0.296. The van der Waals surface area contributed by atoms with Gasteiger partial charge in [-0.05, 0) is 12.1 Å². The minimum absolute atomic E-state index is 0.296. The molecule has 1 aromatic carbocycles. The van der Waals surface area contributed by atoms with Crippen molar-refractivity contribution in [3.05, 3.63) is 48.2 Å². The molecule has 1 aromatic rings. The summed E-state index contributed by atoms with van der Waals surface area (Å²) in [6.45, 7) is 3.41. The first-order chi connectivity index (χ1) is 6.25. The van der Waals surface area contributed by atoms with E-state index in [2.05, 4.69) is 6.58 Å². The minimum Gasteiger partial charge on any atom is -0.268 e. The number of carbonyl (C=O) groups excluding carboxylic acids is 2. The van der Waals surface area contributed by atoms with Crippen molar-refractivity contribution in [2.45, 2.75) is 0 Å². The van der Waals surface area contributed by atoms with Crippen LogP contribution in [0.3, 0.4) is 0 Å². The van der Waals surface area contributed by atoms with Crippen LogP contribution in [0.15, 0.2) is 37.0 Å². The fourth-order valence-corrected chi connectivity index (χ4v) is 1.37. The van der Waals surface area contributed by atoms with Crippen molar-refractivity contribution in [3.8, 4) is 0 Å². The molecule has 0 fully saturated rings. The van der Waals surface area contributed by atoms with Crippen molar-refractivity contribution < 1.29 is 9.59 Å². The average Bonchev–Trinajstić information content (AvgIpc) is 2.41. The standard InChI is InChI=1S/C10H7NO2/c1-2-11-9(12)7-5-3-4-6-8(7)10(11)13/h2-6H,1H2/i9+1. The molecule has 0 saturated carbocycles. The molecule has 0 N–H and O–H groups in total. The second-order valence-corrected chi connectivity index (χ2v) is 2.71. The van der Waals surface area contributed by atoms with Gasteiger partial charge in [0.1, 0.15) is 0 Å². The largest absolute Gasteiger partial charge is 0.268 e. The Morgan fingerprint density at radius 1 is 1.08 bits per heavy atom. The molecule has 1 heterocycles. The van der Waals surface area contributed by atoms with Gasteiger partial charge in [-0.25, -0.2) is 4.90 Å². The summed E-state index contributed by atoms with van der Waals surface area (Å²) in [5.41, 5.74) is 0.903. The third-order valence-corrected chi connectivity index (χ3v) is 2.01. The number of nitrogens with zero attached hydrogens (tertiary/aromatic N) is 1. The van der Waals surface area contributed by atoms with Gasteiger partial charge in [-0.1, -0.05) is 18.7 Å². The molecule has 2 amide bonds. The predicted molar refractivity (Wildman–Crippen MR) is 47.1 cm³/mol. The first-order valence-corrected chi connectivity index (χ1v) is 3.85. The van der Waals surface area contributed by atoms with Gasteiger partial charge in [0.25, 0.3) is 11.8 Å². The van der Waals surface area contributed by atoms with Crippen molar-refractivity contribution in [2.24, 2.45) is 0 Å². The third kappa shape index (κ3) is 0.902. The van der Waals surface area contributed by atoms with Gasteiger partial charge in [0.2, 0.25) is 0 Å². The molecule has 3 heteroatoms. The van der Waals surface area contributed by atoms with E-state index in [1.165, 1.54) is 6.20 Å². The summed E-state index contributed by atoms with van der Waals surface area (Å²) in [7, 11) is 0. The second kappa shape index (κ2) is 2.55. The van der Waals surface area contributed by atoms with E-state index in [9.17, 15) is 9.59 Å². The topological polar surface area (TPSA) is 37.4 Å². The molecule has 0 aliphatic carbocycles. The van der Waals surface area contributed by atoms with Crippen molar-refractivity contribution in [3.63, 3.8) is 0 Å². The van der Waals surface area contributed by atoms with Crippen LogP contribution in [-0.4, -0.2) is 16.7 Å². The average molecular weight is 174 g/mol. The Balaban J connectivity index is 2.63. The Morgan fingerprint density at radius 3 is 1.92 bits per heavy atom. The number of hydrogen-bond donors (Lipinski definition) is 0. The highest BCUT2D eigenvalue weighted by Gasteiger charge is 2.32. The molecule has 1 aliphatic rings. The fraction of sp³-hybridized carbons (Fsp3) is 0. The predicted octanol–water partition coefficient (Wildman–Crippen LogP) is 1.43. The first-order valence-electron chi connectivity index (χ1n) is 3.85. The summed E-state index contributed by atoms with van der Waals surface area (Å²) in [6, 6.07) is 6.74. The smallest absolute Gasteiger partial charge is 0.265 e. The summed E-state index contributed by atoms with van der Waals surface area (Å²) in [6.07, 6.45) is 1.24. The Kier molecular flexibility index (Phi) is 1.52. The molecule has 0 aromatic heterocycles. The SMILES string of the molecule is C=CN1C(=O)c2ccccc2[13C]1=O. The lowest BCUT2D eigenvalue weighted by Gasteiger charge is -2.04. The normalized spacial score (nSPS) is 14.6. The maximum absolute atomic E-state index is 11.5. The molecule has 0 bridgehead atoms. The maximum Gasteiger partial charge on any atom is 0.265 e. The number of imide groups is 1. The number of carbonyl (C=O) groups is 2. The van der Waals surface area contributed by atoms with E-state index in [1.54, 1.807) is 24.3 Å². The Morgan fingerprint density at radius 2 is 1.54 bits per heavy atom.